The third-order valence-electron chi connectivity index (χ3n) is 2.97. The van der Waals surface area contributed by atoms with Crippen LogP contribution in [0.15, 0.2) is 23.5 Å². The average Bonchev–Trinajstić information content (AvgIpc) is 2.36. The highest BCUT2D eigenvalue weighted by molar-refractivity contribution is 6.51. The Kier molecular flexibility index (Phi) is 6.10. The van der Waals surface area contributed by atoms with Crippen LogP contribution in [0.3, 0.4) is 0 Å². The predicted octanol–water partition coefficient (Wildman–Crippen LogP) is 2.39. The minimum atomic E-state index is -3.26. The van der Waals surface area contributed by atoms with Crippen molar-refractivity contribution in [2.24, 2.45) is 0 Å². The van der Waals surface area contributed by atoms with Gasteiger partial charge in [-0.05, 0) is 18.0 Å². The lowest BCUT2D eigenvalue weighted by Crippen LogP contribution is -2.45. The first-order valence-electron chi connectivity index (χ1n) is 6.34. The Bertz CT molecular complexity index is 360. The largest absolute Gasteiger partial charge is 0.487 e. The zero-order valence-corrected chi connectivity index (χ0v) is 10.8. The molecule has 3 nitrogen and oxygen atoms in total. The van der Waals surface area contributed by atoms with Gasteiger partial charge in [0.25, 0.3) is 5.85 Å². The van der Waals surface area contributed by atoms with E-state index in [9.17, 15) is 13.2 Å². The molecule has 0 fully saturated rings. The van der Waals surface area contributed by atoms with Crippen molar-refractivity contribution in [1.29, 1.82) is 0 Å². The van der Waals surface area contributed by atoms with Crippen molar-refractivity contribution in [3.05, 3.63) is 23.5 Å². The second-order valence-corrected chi connectivity index (χ2v) is 4.47. The Morgan fingerprint density at radius 3 is 2.58 bits per heavy atom. The molecule has 0 bridgehead atoms. The van der Waals surface area contributed by atoms with E-state index in [4.69, 9.17) is 10.0 Å². The highest BCUT2D eigenvalue weighted by atomic mass is 19.2. The van der Waals surface area contributed by atoms with Gasteiger partial charge in [-0.3, -0.25) is 0 Å². The van der Waals surface area contributed by atoms with E-state index in [1.807, 2.05) is 6.92 Å². The Balaban J connectivity index is 2.64. The second kappa shape index (κ2) is 7.12. The van der Waals surface area contributed by atoms with Gasteiger partial charge >= 0.3 is 7.12 Å². The first kappa shape index (κ1) is 16.3. The number of rotatable bonds is 7. The van der Waals surface area contributed by atoms with Crippen molar-refractivity contribution < 1.29 is 28.0 Å². The topological polar surface area (TPSA) is 49.7 Å². The number of allylic oxidation sites excluding steroid dienone is 2. The van der Waals surface area contributed by atoms with Gasteiger partial charge < -0.3 is 14.8 Å². The zero-order chi connectivity index (χ0) is 14.5. The van der Waals surface area contributed by atoms with Gasteiger partial charge in [0.2, 0.25) is 0 Å². The molecular weight excluding hydrogens is 260 g/mol. The van der Waals surface area contributed by atoms with Crippen molar-refractivity contribution >= 4 is 7.12 Å². The molecule has 0 amide bonds. The van der Waals surface area contributed by atoms with Gasteiger partial charge in [0.15, 0.2) is 12.0 Å². The molecule has 2 N–H and O–H groups in total. The van der Waals surface area contributed by atoms with Gasteiger partial charge in [-0.2, -0.15) is 0 Å². The fourth-order valence-electron chi connectivity index (χ4n) is 1.81. The summed E-state index contributed by atoms with van der Waals surface area (Å²) in [6, 6.07) is 0. The quantitative estimate of drug-likeness (QED) is 0.555. The molecule has 0 aromatic rings. The van der Waals surface area contributed by atoms with Crippen molar-refractivity contribution in [3.8, 4) is 0 Å². The van der Waals surface area contributed by atoms with Crippen LogP contribution < -0.4 is 0 Å². The number of alkyl halides is 2. The molecule has 0 aromatic carbocycles. The molecule has 7 heteroatoms. The number of hydrogen-bond donors (Lipinski definition) is 2. The number of unbranched alkanes of at least 4 members (excludes halogenated alkanes) is 3. The molecule has 0 aliphatic heterocycles. The molecule has 1 aliphatic carbocycles. The Labute approximate surface area is 110 Å². The van der Waals surface area contributed by atoms with Crippen molar-refractivity contribution in [3.63, 3.8) is 0 Å². The van der Waals surface area contributed by atoms with Gasteiger partial charge in [-0.25, -0.2) is 13.2 Å². The molecule has 1 rings (SSSR count). The molecule has 0 radical (unpaired) electrons. The molecule has 0 heterocycles. The molecule has 0 saturated carbocycles. The summed E-state index contributed by atoms with van der Waals surface area (Å²) in [6.45, 7) is 1.87. The lowest BCUT2D eigenvalue weighted by atomic mass is 9.72. The smallest absolute Gasteiger partial charge is 0.423 e. The molecule has 2 atom stereocenters. The number of hydrogen-bond acceptors (Lipinski definition) is 3. The summed E-state index contributed by atoms with van der Waals surface area (Å²) in [5.74, 6) is -4.67. The lowest BCUT2D eigenvalue weighted by Gasteiger charge is -2.31. The maximum Gasteiger partial charge on any atom is 0.487 e. The van der Waals surface area contributed by atoms with Crippen molar-refractivity contribution in [2.45, 2.75) is 44.6 Å². The van der Waals surface area contributed by atoms with E-state index < -0.39 is 30.4 Å². The van der Waals surface area contributed by atoms with E-state index in [1.165, 1.54) is 0 Å². The van der Waals surface area contributed by atoms with Crippen molar-refractivity contribution in [1.82, 2.24) is 0 Å². The summed E-state index contributed by atoms with van der Waals surface area (Å²) in [5.41, 5.74) is -0.655. The van der Waals surface area contributed by atoms with E-state index in [1.54, 1.807) is 0 Å². The summed E-state index contributed by atoms with van der Waals surface area (Å²) >= 11 is 0. The molecule has 2 unspecified atom stereocenters. The molecule has 108 valence electrons. The SMILES string of the molecule is CCCCCCOC1(F)C(F)=CC=C(B(O)O)C1F. The van der Waals surface area contributed by atoms with E-state index in [0.29, 0.717) is 12.5 Å². The highest BCUT2D eigenvalue weighted by Gasteiger charge is 2.51. The van der Waals surface area contributed by atoms with Crippen LogP contribution in [0, 0.1) is 0 Å². The third-order valence-corrected chi connectivity index (χ3v) is 2.97. The summed E-state index contributed by atoms with van der Waals surface area (Å²) in [6.07, 6.45) is 2.06. The Morgan fingerprint density at radius 2 is 2.00 bits per heavy atom. The van der Waals surface area contributed by atoms with Crippen LogP contribution in [0.2, 0.25) is 0 Å². The average molecular weight is 278 g/mol. The van der Waals surface area contributed by atoms with Crippen molar-refractivity contribution in [2.75, 3.05) is 6.61 Å². The molecule has 0 spiro atoms. The van der Waals surface area contributed by atoms with Gasteiger partial charge in [0, 0.05) is 0 Å². The maximum absolute atomic E-state index is 14.2. The van der Waals surface area contributed by atoms with Crippen LogP contribution >= 0.6 is 0 Å². The minimum Gasteiger partial charge on any atom is -0.423 e. The van der Waals surface area contributed by atoms with Crippen LogP contribution in [0.4, 0.5) is 13.2 Å². The molecule has 0 saturated heterocycles. The highest BCUT2D eigenvalue weighted by Crippen LogP contribution is 2.38. The minimum absolute atomic E-state index is 0.132. The van der Waals surface area contributed by atoms with Gasteiger partial charge in [0.05, 0.1) is 6.61 Å². The third kappa shape index (κ3) is 3.84. The first-order valence-corrected chi connectivity index (χ1v) is 6.34. The van der Waals surface area contributed by atoms with E-state index >= 15 is 0 Å². The molecular formula is C12H18BF3O3. The van der Waals surface area contributed by atoms with Crippen LogP contribution in [0.5, 0.6) is 0 Å². The molecule has 0 aromatic heterocycles. The van der Waals surface area contributed by atoms with E-state index in [0.717, 1.165) is 25.3 Å². The fraction of sp³-hybridized carbons (Fsp3) is 0.667. The van der Waals surface area contributed by atoms with E-state index in [-0.39, 0.29) is 6.61 Å². The second-order valence-electron chi connectivity index (χ2n) is 4.47. The summed E-state index contributed by atoms with van der Waals surface area (Å²) in [4.78, 5) is 0. The Hall–Kier alpha value is -0.785. The van der Waals surface area contributed by atoms with Crippen LogP contribution in [-0.4, -0.2) is 35.8 Å². The van der Waals surface area contributed by atoms with Gasteiger partial charge in [0.1, 0.15) is 0 Å². The zero-order valence-electron chi connectivity index (χ0n) is 10.8. The normalized spacial score (nSPS) is 26.9. The standard InChI is InChI=1S/C12H18BF3O3/c1-2-3-4-5-8-19-12(16)10(14)7-6-9(11(12)15)13(17)18/h6-7,11,17-18H,2-5,8H2,1H3. The van der Waals surface area contributed by atoms with Crippen LogP contribution in [-0.2, 0) is 4.74 Å². The van der Waals surface area contributed by atoms with Crippen LogP contribution in [0.1, 0.15) is 32.6 Å². The molecule has 19 heavy (non-hydrogen) atoms. The summed E-state index contributed by atoms with van der Waals surface area (Å²) in [5, 5.41) is 17.8. The summed E-state index contributed by atoms with van der Waals surface area (Å²) < 4.78 is 46.1. The number of ether oxygens (including phenoxy) is 1. The lowest BCUT2D eigenvalue weighted by molar-refractivity contribution is -0.163. The maximum atomic E-state index is 14.2. The van der Waals surface area contributed by atoms with Crippen LogP contribution in [0.25, 0.3) is 0 Å². The molecule has 1 aliphatic rings. The van der Waals surface area contributed by atoms with Gasteiger partial charge in [-0.15, -0.1) is 0 Å². The fourth-order valence-corrected chi connectivity index (χ4v) is 1.81. The predicted molar refractivity (Wildman–Crippen MR) is 66.3 cm³/mol. The van der Waals surface area contributed by atoms with Gasteiger partial charge in [-0.1, -0.05) is 32.3 Å². The summed E-state index contributed by atoms with van der Waals surface area (Å²) in [7, 11) is -2.18. The Morgan fingerprint density at radius 1 is 1.32 bits per heavy atom. The first-order chi connectivity index (χ1) is 8.93. The van der Waals surface area contributed by atoms with E-state index in [2.05, 4.69) is 4.74 Å². The monoisotopic (exact) mass is 278 g/mol. The number of halogens is 3.